The van der Waals surface area contributed by atoms with E-state index in [0.29, 0.717) is 24.1 Å². The van der Waals surface area contributed by atoms with Gasteiger partial charge in [0, 0.05) is 36.6 Å². The number of hydrogen-bond acceptors (Lipinski definition) is 10. The number of aromatic nitrogens is 2. The van der Waals surface area contributed by atoms with Gasteiger partial charge in [-0.1, -0.05) is 46.7 Å². The van der Waals surface area contributed by atoms with E-state index >= 15 is 0 Å². The molecule has 3 aliphatic heterocycles. The number of nitrogens with zero attached hydrogens (tertiary/aromatic N) is 6. The van der Waals surface area contributed by atoms with E-state index in [0.717, 1.165) is 34.8 Å². The predicted octanol–water partition coefficient (Wildman–Crippen LogP) is 4.88. The highest BCUT2D eigenvalue weighted by Crippen LogP contribution is 2.46. The molecule has 2 N–H and O–H groups in total. The maximum Gasteiger partial charge on any atom is 0.243 e. The summed E-state index contributed by atoms with van der Waals surface area (Å²) in [5.41, 5.74) is 2.53. The van der Waals surface area contributed by atoms with Gasteiger partial charge >= 0.3 is 0 Å². The number of halogens is 1. The molecule has 2 unspecified atom stereocenters. The third-order valence-electron chi connectivity index (χ3n) is 7.07. The lowest BCUT2D eigenvalue weighted by Gasteiger charge is -2.32. The van der Waals surface area contributed by atoms with Crippen molar-refractivity contribution in [2.24, 2.45) is 10.1 Å². The van der Waals surface area contributed by atoms with E-state index in [2.05, 4.69) is 20.4 Å². The van der Waals surface area contributed by atoms with Crippen LogP contribution in [-0.2, 0) is 10.0 Å². The monoisotopic (exact) mass is 595 g/mol. The van der Waals surface area contributed by atoms with Crippen molar-refractivity contribution in [3.8, 4) is 0 Å². The highest BCUT2D eigenvalue weighted by molar-refractivity contribution is 8.16. The lowest BCUT2D eigenvalue weighted by molar-refractivity contribution is 0.322. The van der Waals surface area contributed by atoms with Crippen molar-refractivity contribution >= 4 is 50.7 Å². The fraction of sp³-hybridized carbons (Fsp3) is 0.259. The lowest BCUT2D eigenvalue weighted by atomic mass is 9.96. The van der Waals surface area contributed by atoms with Crippen LogP contribution < -0.4 is 5.32 Å². The Hall–Kier alpha value is -3.45. The van der Waals surface area contributed by atoms with Crippen LogP contribution in [0.3, 0.4) is 0 Å². The van der Waals surface area contributed by atoms with Crippen LogP contribution in [0.2, 0.25) is 5.02 Å². The fourth-order valence-electron chi connectivity index (χ4n) is 5.21. The summed E-state index contributed by atoms with van der Waals surface area (Å²) in [5, 5.41) is 18.9. The minimum atomic E-state index is -3.64. The summed E-state index contributed by atoms with van der Waals surface area (Å²) < 4.78 is 28.0. The molecule has 1 saturated heterocycles. The van der Waals surface area contributed by atoms with E-state index in [9.17, 15) is 8.42 Å². The van der Waals surface area contributed by atoms with Gasteiger partial charge in [0.2, 0.25) is 16.0 Å². The van der Waals surface area contributed by atoms with Crippen LogP contribution in [0, 0.1) is 0 Å². The van der Waals surface area contributed by atoms with E-state index in [1.165, 1.54) is 22.7 Å². The number of thioether (sulfide) groups is 1. The van der Waals surface area contributed by atoms with E-state index in [-0.39, 0.29) is 23.0 Å². The van der Waals surface area contributed by atoms with Gasteiger partial charge in [-0.25, -0.2) is 18.4 Å². The second kappa shape index (κ2) is 11.2. The summed E-state index contributed by atoms with van der Waals surface area (Å²) in [7, 11) is -3.64. The van der Waals surface area contributed by atoms with Crippen molar-refractivity contribution in [3.05, 3.63) is 94.2 Å². The smallest absolute Gasteiger partial charge is 0.243 e. The van der Waals surface area contributed by atoms with Crippen molar-refractivity contribution in [3.63, 3.8) is 0 Å². The third-order valence-corrected chi connectivity index (χ3v) is 9.99. The van der Waals surface area contributed by atoms with Gasteiger partial charge in [-0.05, 0) is 65.8 Å². The zero-order valence-corrected chi connectivity index (χ0v) is 23.6. The quantitative estimate of drug-likeness (QED) is 0.225. The highest BCUT2D eigenvalue weighted by atomic mass is 35.5. The third kappa shape index (κ3) is 5.31. The number of oxime groups is 1. The van der Waals surface area contributed by atoms with Crippen LogP contribution in [0.25, 0.3) is 0 Å². The minimum absolute atomic E-state index is 0.144. The summed E-state index contributed by atoms with van der Waals surface area (Å²) in [6.07, 6.45) is 6.62. The maximum atomic E-state index is 13.2. The molecule has 0 saturated carbocycles. The van der Waals surface area contributed by atoms with Gasteiger partial charge in [0.1, 0.15) is 12.1 Å². The fourth-order valence-corrected chi connectivity index (χ4v) is 7.64. The topological polar surface area (TPSA) is 123 Å². The average molecular weight is 596 g/mol. The molecule has 1 aromatic heterocycles. The Kier molecular flexibility index (Phi) is 7.49. The molecular weight excluding hydrogens is 570 g/mol. The summed E-state index contributed by atoms with van der Waals surface area (Å²) in [5.74, 6) is 0.442. The molecule has 4 heterocycles. The number of aliphatic imine (C=N–C) groups is 1. The molecule has 0 amide bonds. The van der Waals surface area contributed by atoms with Crippen LogP contribution in [0.1, 0.15) is 41.7 Å². The summed E-state index contributed by atoms with van der Waals surface area (Å²) in [4.78, 5) is 16.6. The van der Waals surface area contributed by atoms with E-state index in [1.54, 1.807) is 30.1 Å². The van der Waals surface area contributed by atoms with Gasteiger partial charge in [0.05, 0.1) is 16.8 Å². The lowest BCUT2D eigenvalue weighted by Crippen LogP contribution is -2.45. The molecule has 206 valence electrons. The molecule has 40 heavy (non-hydrogen) atoms. The van der Waals surface area contributed by atoms with Crippen molar-refractivity contribution < 1.29 is 13.6 Å². The van der Waals surface area contributed by atoms with Gasteiger partial charge in [-0.2, -0.15) is 4.31 Å². The van der Waals surface area contributed by atoms with Crippen LogP contribution in [-0.4, -0.2) is 63.3 Å². The standard InChI is InChI=1S/C27H26ClN7O3S2/c28-20-6-8-22(9-7-20)40(37,38)34-12-2-5-21(17-34)31-26-29-11-10-23(32-26)25-24(33-27-35(25)13-14-39-27)19-4-1-3-18(15-19)16-30-36/h1,3-4,6-11,13-16,21,24-25,36H,2,5,12,17H2,(H,29,31,32)/b30-16-/t21-,24?,25?/m1/s1. The molecule has 2 aromatic carbocycles. The Labute approximate surface area is 241 Å². The average Bonchev–Trinajstić information content (AvgIpc) is 3.56. The van der Waals surface area contributed by atoms with Crippen molar-refractivity contribution in [2.75, 3.05) is 18.4 Å². The second-order valence-corrected chi connectivity index (χ2v) is 12.9. The number of fused-ring (bicyclic) bond motifs is 1. The first-order valence-corrected chi connectivity index (χ1v) is 15.4. The summed E-state index contributed by atoms with van der Waals surface area (Å²) >= 11 is 7.51. The first-order chi connectivity index (χ1) is 19.4. The Morgan fingerprint density at radius 3 is 2.85 bits per heavy atom. The van der Waals surface area contributed by atoms with Crippen molar-refractivity contribution in [1.82, 2.24) is 19.2 Å². The summed E-state index contributed by atoms with van der Waals surface area (Å²) in [6.45, 7) is 0.759. The Balaban J connectivity index is 1.23. The molecule has 3 aliphatic rings. The van der Waals surface area contributed by atoms with Crippen LogP contribution >= 0.6 is 23.4 Å². The molecular formula is C27H26ClN7O3S2. The van der Waals surface area contributed by atoms with Crippen LogP contribution in [0.15, 0.2) is 87.4 Å². The van der Waals surface area contributed by atoms with E-state index in [1.807, 2.05) is 41.9 Å². The minimum Gasteiger partial charge on any atom is -0.411 e. The molecule has 1 fully saturated rings. The molecule has 3 atom stereocenters. The van der Waals surface area contributed by atoms with Gasteiger partial charge in [-0.3, -0.25) is 4.99 Å². The maximum absolute atomic E-state index is 13.2. The van der Waals surface area contributed by atoms with Gasteiger partial charge in [-0.15, -0.1) is 0 Å². The zero-order chi connectivity index (χ0) is 27.7. The number of piperidine rings is 1. The molecule has 0 radical (unpaired) electrons. The second-order valence-electron chi connectivity index (χ2n) is 9.63. The molecule has 13 heteroatoms. The molecule has 0 aliphatic carbocycles. The van der Waals surface area contributed by atoms with E-state index < -0.39 is 10.0 Å². The van der Waals surface area contributed by atoms with Gasteiger partial charge < -0.3 is 15.4 Å². The molecule has 6 rings (SSSR count). The molecule has 0 bridgehead atoms. The number of nitrogens with one attached hydrogen (secondary N) is 1. The normalized spacial score (nSPS) is 23.0. The highest BCUT2D eigenvalue weighted by Gasteiger charge is 2.40. The molecule has 10 nitrogen and oxygen atoms in total. The first-order valence-electron chi connectivity index (χ1n) is 12.7. The van der Waals surface area contributed by atoms with Gasteiger partial charge in [0.25, 0.3) is 0 Å². The first kappa shape index (κ1) is 26.8. The van der Waals surface area contributed by atoms with Gasteiger partial charge in [0.15, 0.2) is 5.17 Å². The zero-order valence-electron chi connectivity index (χ0n) is 21.2. The summed E-state index contributed by atoms with van der Waals surface area (Å²) in [6, 6.07) is 15.3. The van der Waals surface area contributed by atoms with Crippen LogP contribution in [0.4, 0.5) is 5.95 Å². The number of anilines is 1. The Morgan fingerprint density at radius 1 is 1.18 bits per heavy atom. The Bertz CT molecular complexity index is 1600. The number of benzene rings is 2. The predicted molar refractivity (Wildman–Crippen MR) is 156 cm³/mol. The van der Waals surface area contributed by atoms with Crippen molar-refractivity contribution in [2.45, 2.75) is 35.9 Å². The number of rotatable bonds is 7. The Morgan fingerprint density at radius 2 is 2.02 bits per heavy atom. The molecule has 0 spiro atoms. The van der Waals surface area contributed by atoms with Crippen LogP contribution in [0.5, 0.6) is 0 Å². The molecule has 3 aromatic rings. The van der Waals surface area contributed by atoms with E-state index in [4.69, 9.17) is 26.8 Å². The SMILES string of the molecule is O=S(=O)(c1ccc(Cl)cc1)N1CCC[C@@H](Nc2nccc(C3C(c4cccc(/C=N\O)c4)N=C4SC=CN43)n2)C1. The number of amidine groups is 1. The largest absolute Gasteiger partial charge is 0.411 e. The number of hydrogen-bond donors (Lipinski definition) is 2. The van der Waals surface area contributed by atoms with Crippen molar-refractivity contribution in [1.29, 1.82) is 0 Å². The number of sulfonamides is 1.